The number of hydrogen-bond acceptors (Lipinski definition) is 4. The highest BCUT2D eigenvalue weighted by molar-refractivity contribution is 6.51. The van der Waals surface area contributed by atoms with Crippen LogP contribution in [0.2, 0.25) is 0 Å². The Bertz CT molecular complexity index is 1350. The largest absolute Gasteiger partial charge is 0.378 e. The van der Waals surface area contributed by atoms with E-state index in [1.165, 1.54) is 77.0 Å². The van der Waals surface area contributed by atoms with Gasteiger partial charge in [-0.3, -0.25) is 19.5 Å². The Hall–Kier alpha value is -3.73. The van der Waals surface area contributed by atoms with Gasteiger partial charge in [0.25, 0.3) is 5.91 Å². The summed E-state index contributed by atoms with van der Waals surface area (Å²) < 4.78 is 0. The molecule has 0 aromatic heterocycles. The molecular weight excluding hydrogens is 566 g/mol. The van der Waals surface area contributed by atoms with Crippen LogP contribution < -0.4 is 9.80 Å². The third kappa shape index (κ3) is 9.88. The number of aliphatic imine (C=N–C) groups is 1. The van der Waals surface area contributed by atoms with Crippen molar-refractivity contribution in [2.75, 3.05) is 30.4 Å². The molecule has 2 atom stereocenters. The van der Waals surface area contributed by atoms with Crippen LogP contribution in [0.4, 0.5) is 11.4 Å². The number of Topliss-reactive ketones (excluding diaryl/α,β-unsaturated/α-hetero) is 1. The van der Waals surface area contributed by atoms with Crippen molar-refractivity contribution in [1.82, 2.24) is 0 Å². The number of hydrogen-bond donors (Lipinski definition) is 0. The highest BCUT2D eigenvalue weighted by Gasteiger charge is 2.50. The number of amides is 1. The van der Waals surface area contributed by atoms with E-state index in [4.69, 9.17) is 4.99 Å². The zero-order chi connectivity index (χ0) is 32.6. The fourth-order valence-corrected chi connectivity index (χ4v) is 6.58. The summed E-state index contributed by atoms with van der Waals surface area (Å²) in [5.41, 5.74) is 3.76. The monoisotopic (exact) mass is 621 g/mol. The molecule has 1 saturated heterocycles. The molecule has 46 heavy (non-hydrogen) atoms. The number of carbonyl (C=O) groups excluding carboxylic acids is 2. The van der Waals surface area contributed by atoms with Gasteiger partial charge in [-0.15, -0.1) is 0 Å². The molecule has 5 nitrogen and oxygen atoms in total. The predicted octanol–water partition coefficient (Wildman–Crippen LogP) is 10.3. The number of unbranched alkanes of at least 4 members (excludes halogenated alkanes) is 13. The highest BCUT2D eigenvalue weighted by Crippen LogP contribution is 2.42. The maximum atomic E-state index is 14.2. The van der Waals surface area contributed by atoms with Gasteiger partial charge in [-0.05, 0) is 36.2 Å². The summed E-state index contributed by atoms with van der Waals surface area (Å²) in [5.74, 6) is -0.923. The number of anilines is 2. The molecule has 4 rings (SSSR count). The third-order valence-electron chi connectivity index (χ3n) is 9.25. The highest BCUT2D eigenvalue weighted by atomic mass is 16.2. The minimum absolute atomic E-state index is 0.0613. The lowest BCUT2D eigenvalue weighted by atomic mass is 9.85. The second-order valence-corrected chi connectivity index (χ2v) is 13.0. The minimum atomic E-state index is -0.688. The topological polar surface area (TPSA) is 53.0 Å². The third-order valence-corrected chi connectivity index (χ3v) is 9.25. The van der Waals surface area contributed by atoms with Crippen LogP contribution in [0.15, 0.2) is 89.9 Å². The Kier molecular flexibility index (Phi) is 14.5. The number of carbonyl (C=O) groups is 2. The Morgan fingerprint density at radius 1 is 0.674 bits per heavy atom. The second kappa shape index (κ2) is 19.1. The molecule has 0 bridgehead atoms. The summed E-state index contributed by atoms with van der Waals surface area (Å²) in [6, 6.07) is 26.8. The molecule has 0 saturated carbocycles. The minimum Gasteiger partial charge on any atom is -0.378 e. The van der Waals surface area contributed by atoms with Gasteiger partial charge >= 0.3 is 0 Å². The van der Waals surface area contributed by atoms with E-state index in [0.29, 0.717) is 17.8 Å². The molecule has 3 aromatic carbocycles. The molecule has 1 amide bonds. The first-order valence-electron chi connectivity index (χ1n) is 17.8. The van der Waals surface area contributed by atoms with Crippen molar-refractivity contribution in [3.8, 4) is 0 Å². The molecule has 5 heteroatoms. The lowest BCUT2D eigenvalue weighted by Crippen LogP contribution is -2.30. The fraction of sp³-hybridized carbons (Fsp3) is 0.488. The standard InChI is InChI=1S/C41H55N3O2/c1-4-5-6-7-8-9-10-11-12-13-14-15-16-23-32-42-38-37(40(45)34-24-19-17-20-25-34)39(33-28-30-35(31-29-33)43(2)3)44(41(38)46)36-26-21-18-22-27-36/h17-22,24-31,37,39H,4-16,23,32H2,1-3H3/t37?,39-/m1/s1. The van der Waals surface area contributed by atoms with Crippen LogP contribution in [0.25, 0.3) is 0 Å². The van der Waals surface area contributed by atoms with Gasteiger partial charge in [-0.25, -0.2) is 0 Å². The Balaban J connectivity index is 1.42. The summed E-state index contributed by atoms with van der Waals surface area (Å²) in [7, 11) is 4.02. The molecule has 1 unspecified atom stereocenters. The molecule has 3 aromatic rings. The lowest BCUT2D eigenvalue weighted by Gasteiger charge is -2.28. The zero-order valence-corrected chi connectivity index (χ0v) is 28.5. The first-order valence-corrected chi connectivity index (χ1v) is 17.8. The Labute approximate surface area is 278 Å². The van der Waals surface area contributed by atoms with E-state index in [2.05, 4.69) is 24.0 Å². The smallest absolute Gasteiger partial charge is 0.273 e. The second-order valence-electron chi connectivity index (χ2n) is 13.0. The first kappa shape index (κ1) is 35.1. The van der Waals surface area contributed by atoms with Gasteiger partial charge in [0.1, 0.15) is 5.71 Å². The lowest BCUT2D eigenvalue weighted by molar-refractivity contribution is -0.112. The number of ketones is 1. The number of benzene rings is 3. The van der Waals surface area contributed by atoms with E-state index in [9.17, 15) is 9.59 Å². The molecule has 0 spiro atoms. The summed E-state index contributed by atoms with van der Waals surface area (Å²) in [6.45, 7) is 2.84. The van der Waals surface area contributed by atoms with E-state index in [-0.39, 0.29) is 11.7 Å². The van der Waals surface area contributed by atoms with Crippen molar-refractivity contribution in [2.45, 2.75) is 103 Å². The maximum absolute atomic E-state index is 14.2. The molecule has 0 N–H and O–H groups in total. The molecule has 246 valence electrons. The molecule has 1 heterocycles. The van der Waals surface area contributed by atoms with Gasteiger partial charge in [0.15, 0.2) is 5.78 Å². The average molecular weight is 622 g/mol. The van der Waals surface area contributed by atoms with E-state index >= 15 is 0 Å². The van der Waals surface area contributed by atoms with Gasteiger partial charge in [0.2, 0.25) is 0 Å². The van der Waals surface area contributed by atoms with Crippen LogP contribution in [0.1, 0.15) is 119 Å². The van der Waals surface area contributed by atoms with Crippen molar-refractivity contribution in [3.63, 3.8) is 0 Å². The molecular formula is C41H55N3O2. The molecule has 1 fully saturated rings. The van der Waals surface area contributed by atoms with E-state index in [1.807, 2.05) is 86.9 Å². The maximum Gasteiger partial charge on any atom is 0.273 e. The summed E-state index contributed by atoms with van der Waals surface area (Å²) in [4.78, 5) is 37.2. The van der Waals surface area contributed by atoms with Crippen LogP contribution in [0, 0.1) is 5.92 Å². The van der Waals surface area contributed by atoms with Crippen molar-refractivity contribution < 1.29 is 9.59 Å². The summed E-state index contributed by atoms with van der Waals surface area (Å²) in [6.07, 6.45) is 18.1. The van der Waals surface area contributed by atoms with E-state index < -0.39 is 12.0 Å². The number of rotatable bonds is 20. The van der Waals surface area contributed by atoms with Gasteiger partial charge in [-0.2, -0.15) is 0 Å². The van der Waals surface area contributed by atoms with Gasteiger partial charge in [-0.1, -0.05) is 151 Å². The van der Waals surface area contributed by atoms with Crippen LogP contribution >= 0.6 is 0 Å². The fourth-order valence-electron chi connectivity index (χ4n) is 6.58. The summed E-state index contributed by atoms with van der Waals surface area (Å²) in [5, 5.41) is 0. The Morgan fingerprint density at radius 2 is 1.17 bits per heavy atom. The normalized spacial score (nSPS) is 17.2. The van der Waals surface area contributed by atoms with Crippen LogP contribution in [-0.2, 0) is 4.79 Å². The Morgan fingerprint density at radius 3 is 1.70 bits per heavy atom. The molecule has 0 aliphatic carbocycles. The summed E-state index contributed by atoms with van der Waals surface area (Å²) >= 11 is 0. The SMILES string of the molecule is CCCCCCCCCCCCCCCCN=C1C(=O)N(c2ccccc2)[C@H](c2ccc(N(C)C)cc2)C1C(=O)c1ccccc1. The van der Waals surface area contributed by atoms with Crippen LogP contribution in [-0.4, -0.2) is 38.0 Å². The van der Waals surface area contributed by atoms with Crippen LogP contribution in [0.3, 0.4) is 0 Å². The zero-order valence-electron chi connectivity index (χ0n) is 28.5. The number of para-hydroxylation sites is 1. The molecule has 0 radical (unpaired) electrons. The van der Waals surface area contributed by atoms with Crippen LogP contribution in [0.5, 0.6) is 0 Å². The first-order chi connectivity index (χ1) is 22.5. The van der Waals surface area contributed by atoms with Gasteiger partial charge in [0, 0.05) is 37.6 Å². The average Bonchev–Trinajstić information content (AvgIpc) is 3.38. The van der Waals surface area contributed by atoms with Gasteiger partial charge in [0.05, 0.1) is 12.0 Å². The van der Waals surface area contributed by atoms with Crippen molar-refractivity contribution in [2.24, 2.45) is 10.9 Å². The van der Waals surface area contributed by atoms with Crippen molar-refractivity contribution in [1.29, 1.82) is 0 Å². The van der Waals surface area contributed by atoms with E-state index in [1.54, 1.807) is 4.90 Å². The van der Waals surface area contributed by atoms with Gasteiger partial charge < -0.3 is 4.90 Å². The quantitative estimate of drug-likeness (QED) is 0.0932. The van der Waals surface area contributed by atoms with E-state index in [0.717, 1.165) is 29.8 Å². The number of nitrogens with zero attached hydrogens (tertiary/aromatic N) is 3. The van der Waals surface area contributed by atoms with Crippen molar-refractivity contribution in [3.05, 3.63) is 96.1 Å². The van der Waals surface area contributed by atoms with Crippen molar-refractivity contribution >= 4 is 28.8 Å². The molecule has 1 aliphatic heterocycles. The predicted molar refractivity (Wildman–Crippen MR) is 194 cm³/mol. The molecule has 1 aliphatic rings.